The smallest absolute Gasteiger partial charge is 0.246 e. The number of carbonyl (C=O) groups is 1. The van der Waals surface area contributed by atoms with Crippen LogP contribution in [0.2, 0.25) is 0 Å². The maximum absolute atomic E-state index is 11.9. The fourth-order valence-electron chi connectivity index (χ4n) is 1.72. The number of nitrogens with one attached hydrogen (secondary N) is 1. The molecule has 1 heterocycles. The molecule has 5 nitrogen and oxygen atoms in total. The van der Waals surface area contributed by atoms with Gasteiger partial charge in [0.1, 0.15) is 0 Å². The zero-order valence-electron chi connectivity index (χ0n) is 11.1. The Hall–Kier alpha value is -2.87. The van der Waals surface area contributed by atoms with Crippen LogP contribution in [0.4, 0.5) is 0 Å². The second-order valence-electron chi connectivity index (χ2n) is 4.37. The minimum Gasteiger partial charge on any atom is -0.338 e. The van der Waals surface area contributed by atoms with E-state index < -0.39 is 0 Å². The Labute approximate surface area is 117 Å². The highest BCUT2D eigenvalue weighted by Gasteiger charge is 2.06. The van der Waals surface area contributed by atoms with Crippen molar-refractivity contribution in [1.29, 1.82) is 5.26 Å². The highest BCUT2D eigenvalue weighted by atomic mass is 16.2. The topological polar surface area (TPSA) is 72.8 Å². The fraction of sp³-hybridized carbons (Fsp3) is 0.133. The quantitative estimate of drug-likeness (QED) is 0.860. The molecule has 0 atom stereocenters. The Bertz CT molecular complexity index is 653. The maximum Gasteiger partial charge on any atom is 0.246 e. The van der Waals surface area contributed by atoms with E-state index in [1.165, 1.54) is 6.08 Å². The average Bonchev–Trinajstić information content (AvgIpc) is 2.97. The van der Waals surface area contributed by atoms with Crippen molar-refractivity contribution in [3.05, 3.63) is 59.4 Å². The molecule has 0 spiro atoms. The average molecular weight is 266 g/mol. The number of H-pyrrole nitrogens is 1. The van der Waals surface area contributed by atoms with Gasteiger partial charge in [-0.05, 0) is 23.8 Å². The van der Waals surface area contributed by atoms with Crippen LogP contribution in [-0.4, -0.2) is 28.1 Å². The molecule has 0 fully saturated rings. The summed E-state index contributed by atoms with van der Waals surface area (Å²) in [5.41, 5.74) is 2.35. The molecule has 1 amide bonds. The molecule has 0 aliphatic heterocycles. The van der Waals surface area contributed by atoms with E-state index in [0.717, 1.165) is 11.1 Å². The van der Waals surface area contributed by atoms with Gasteiger partial charge in [0.25, 0.3) is 0 Å². The van der Waals surface area contributed by atoms with E-state index in [0.29, 0.717) is 12.1 Å². The summed E-state index contributed by atoms with van der Waals surface area (Å²) < 4.78 is 0. The van der Waals surface area contributed by atoms with Crippen molar-refractivity contribution in [3.8, 4) is 6.07 Å². The number of nitrogens with zero attached hydrogens (tertiary/aromatic N) is 3. The van der Waals surface area contributed by atoms with Crippen molar-refractivity contribution >= 4 is 12.0 Å². The lowest BCUT2D eigenvalue weighted by Gasteiger charge is -2.13. The minimum atomic E-state index is -0.103. The number of amides is 1. The molecule has 5 heteroatoms. The Morgan fingerprint density at radius 3 is 3.10 bits per heavy atom. The molecule has 20 heavy (non-hydrogen) atoms. The van der Waals surface area contributed by atoms with Gasteiger partial charge >= 0.3 is 0 Å². The zero-order valence-corrected chi connectivity index (χ0v) is 11.1. The number of nitriles is 1. The second kappa shape index (κ2) is 6.34. The Balaban J connectivity index is 1.99. The van der Waals surface area contributed by atoms with E-state index in [9.17, 15) is 4.79 Å². The van der Waals surface area contributed by atoms with Gasteiger partial charge in [0.05, 0.1) is 17.8 Å². The van der Waals surface area contributed by atoms with Crippen molar-refractivity contribution < 1.29 is 4.79 Å². The molecule has 0 aliphatic rings. The summed E-state index contributed by atoms with van der Waals surface area (Å²) in [6.45, 7) is 0.498. The molecule has 1 aromatic heterocycles. The van der Waals surface area contributed by atoms with E-state index in [1.54, 1.807) is 48.6 Å². The van der Waals surface area contributed by atoms with Crippen LogP contribution >= 0.6 is 0 Å². The molecule has 2 aromatic rings. The number of carbonyl (C=O) groups excluding carboxylic acids is 1. The molecular weight excluding hydrogens is 252 g/mol. The summed E-state index contributed by atoms with van der Waals surface area (Å²) in [7, 11) is 1.73. The van der Waals surface area contributed by atoms with Crippen LogP contribution < -0.4 is 0 Å². The monoisotopic (exact) mass is 266 g/mol. The highest BCUT2D eigenvalue weighted by Crippen LogP contribution is 2.07. The van der Waals surface area contributed by atoms with Crippen molar-refractivity contribution in [2.45, 2.75) is 6.54 Å². The molecule has 0 unspecified atom stereocenters. The number of hydrogen-bond acceptors (Lipinski definition) is 3. The molecule has 1 N–H and O–H groups in total. The first-order valence-corrected chi connectivity index (χ1v) is 6.10. The van der Waals surface area contributed by atoms with Crippen molar-refractivity contribution in [1.82, 2.24) is 15.1 Å². The van der Waals surface area contributed by atoms with Gasteiger partial charge in [0.15, 0.2) is 0 Å². The van der Waals surface area contributed by atoms with Gasteiger partial charge in [0.2, 0.25) is 5.91 Å². The summed E-state index contributed by atoms with van der Waals surface area (Å²) >= 11 is 0. The van der Waals surface area contributed by atoms with Crippen LogP contribution in [0.25, 0.3) is 6.08 Å². The number of rotatable bonds is 4. The van der Waals surface area contributed by atoms with Crippen LogP contribution in [-0.2, 0) is 11.3 Å². The van der Waals surface area contributed by atoms with Crippen LogP contribution in [0, 0.1) is 11.3 Å². The van der Waals surface area contributed by atoms with Crippen LogP contribution in [0.15, 0.2) is 42.7 Å². The minimum absolute atomic E-state index is 0.103. The molecular formula is C15H14N4O. The van der Waals surface area contributed by atoms with Crippen LogP contribution in [0.3, 0.4) is 0 Å². The van der Waals surface area contributed by atoms with Crippen LogP contribution in [0.5, 0.6) is 0 Å². The molecule has 0 bridgehead atoms. The number of likely N-dealkylation sites (N-methyl/N-ethyl adjacent to an activating group) is 1. The van der Waals surface area contributed by atoms with Gasteiger partial charge in [-0.1, -0.05) is 12.1 Å². The van der Waals surface area contributed by atoms with Gasteiger partial charge in [-0.15, -0.1) is 0 Å². The first kappa shape index (κ1) is 13.6. The molecule has 100 valence electrons. The SMILES string of the molecule is CN(Cc1cn[nH]c1)C(=O)C=Cc1cccc(C#N)c1. The second-order valence-corrected chi connectivity index (χ2v) is 4.37. The van der Waals surface area contributed by atoms with Gasteiger partial charge in [-0.3, -0.25) is 9.89 Å². The summed E-state index contributed by atoms with van der Waals surface area (Å²) in [5.74, 6) is -0.103. The highest BCUT2D eigenvalue weighted by molar-refractivity contribution is 5.91. The van der Waals surface area contributed by atoms with Crippen molar-refractivity contribution in [3.63, 3.8) is 0 Å². The van der Waals surface area contributed by atoms with E-state index >= 15 is 0 Å². The lowest BCUT2D eigenvalue weighted by molar-refractivity contribution is -0.125. The molecule has 1 aromatic carbocycles. The summed E-state index contributed by atoms with van der Waals surface area (Å²) in [4.78, 5) is 13.5. The fourth-order valence-corrected chi connectivity index (χ4v) is 1.72. The van der Waals surface area contributed by atoms with Crippen molar-refractivity contribution in [2.24, 2.45) is 0 Å². The molecule has 0 aliphatic carbocycles. The first-order chi connectivity index (χ1) is 9.69. The lowest BCUT2D eigenvalue weighted by atomic mass is 10.1. The Morgan fingerprint density at radius 1 is 1.55 bits per heavy atom. The number of aromatic amines is 1. The number of aromatic nitrogens is 2. The largest absolute Gasteiger partial charge is 0.338 e. The summed E-state index contributed by atoms with van der Waals surface area (Å²) in [6.07, 6.45) is 6.64. The van der Waals surface area contributed by atoms with Gasteiger partial charge < -0.3 is 4.90 Å². The normalized spacial score (nSPS) is 10.4. The van der Waals surface area contributed by atoms with Gasteiger partial charge in [-0.25, -0.2) is 0 Å². The van der Waals surface area contributed by atoms with Crippen LogP contribution in [0.1, 0.15) is 16.7 Å². The molecule has 2 rings (SSSR count). The Morgan fingerprint density at radius 2 is 2.40 bits per heavy atom. The molecule has 0 radical (unpaired) electrons. The van der Waals surface area contributed by atoms with Gasteiger partial charge in [0, 0.05) is 31.4 Å². The maximum atomic E-state index is 11.9. The third-order valence-corrected chi connectivity index (χ3v) is 2.78. The van der Waals surface area contributed by atoms with Gasteiger partial charge in [-0.2, -0.15) is 10.4 Å². The number of hydrogen-bond donors (Lipinski definition) is 1. The predicted octanol–water partition coefficient (Wildman–Crippen LogP) is 1.95. The van der Waals surface area contributed by atoms with E-state index in [2.05, 4.69) is 16.3 Å². The van der Waals surface area contributed by atoms with Crippen molar-refractivity contribution in [2.75, 3.05) is 7.05 Å². The predicted molar refractivity (Wildman–Crippen MR) is 75.3 cm³/mol. The molecule has 0 saturated heterocycles. The third kappa shape index (κ3) is 3.56. The zero-order chi connectivity index (χ0) is 14.4. The van der Waals surface area contributed by atoms with E-state index in [4.69, 9.17) is 5.26 Å². The summed E-state index contributed by atoms with van der Waals surface area (Å²) in [5, 5.41) is 15.4. The Kier molecular flexibility index (Phi) is 4.30. The lowest BCUT2D eigenvalue weighted by Crippen LogP contribution is -2.23. The first-order valence-electron chi connectivity index (χ1n) is 6.10. The van der Waals surface area contributed by atoms with E-state index in [1.807, 2.05) is 6.07 Å². The summed E-state index contributed by atoms with van der Waals surface area (Å²) in [6, 6.07) is 9.17. The molecule has 0 saturated carbocycles. The van der Waals surface area contributed by atoms with E-state index in [-0.39, 0.29) is 5.91 Å². The standard InChI is InChI=1S/C15H14N4O/c1-19(11-14-9-17-18-10-14)15(20)6-5-12-3-2-4-13(7-12)8-16/h2-7,9-10H,11H2,1H3,(H,17,18). The third-order valence-electron chi connectivity index (χ3n) is 2.78. The number of benzene rings is 1.